The van der Waals surface area contributed by atoms with Crippen LogP contribution in [0.4, 0.5) is 5.69 Å². The highest BCUT2D eigenvalue weighted by Gasteiger charge is 2.21. The molecule has 8 nitrogen and oxygen atoms in total. The molecule has 0 amide bonds. The molecule has 2 heterocycles. The number of benzene rings is 2. The summed E-state index contributed by atoms with van der Waals surface area (Å²) in [6, 6.07) is 15.7. The summed E-state index contributed by atoms with van der Waals surface area (Å²) in [5, 5.41) is 20.3. The Balaban J connectivity index is 1.35. The summed E-state index contributed by atoms with van der Waals surface area (Å²) in [5.41, 5.74) is 3.04. The lowest BCUT2D eigenvalue weighted by molar-refractivity contribution is 0.369. The molecule has 1 aromatic heterocycles. The normalized spacial score (nSPS) is 14.9. The highest BCUT2D eigenvalue weighted by Crippen LogP contribution is 2.27. The van der Waals surface area contributed by atoms with E-state index >= 15 is 0 Å². The van der Waals surface area contributed by atoms with Gasteiger partial charge in [-0.05, 0) is 23.8 Å². The number of H-pyrrole nitrogens is 1. The molecule has 0 aliphatic carbocycles. The fourth-order valence-corrected chi connectivity index (χ4v) is 3.58. The van der Waals surface area contributed by atoms with Crippen LogP contribution in [0.3, 0.4) is 0 Å². The number of para-hydroxylation sites is 2. The smallest absolute Gasteiger partial charge is 0.194 e. The van der Waals surface area contributed by atoms with Crippen LogP contribution in [-0.2, 0) is 6.54 Å². The van der Waals surface area contributed by atoms with Crippen molar-refractivity contribution in [2.24, 2.45) is 4.99 Å². The number of rotatable bonds is 4. The summed E-state index contributed by atoms with van der Waals surface area (Å²) in [6.45, 7) is 4.02. The van der Waals surface area contributed by atoms with Crippen LogP contribution in [0.5, 0.6) is 5.75 Å². The maximum atomic E-state index is 10.1. The van der Waals surface area contributed by atoms with Gasteiger partial charge < -0.3 is 20.2 Å². The van der Waals surface area contributed by atoms with Crippen molar-refractivity contribution in [3.8, 4) is 17.1 Å². The molecule has 29 heavy (non-hydrogen) atoms. The third kappa shape index (κ3) is 4.31. The maximum absolute atomic E-state index is 10.1. The van der Waals surface area contributed by atoms with Gasteiger partial charge in [-0.15, -0.1) is 0 Å². The van der Waals surface area contributed by atoms with Gasteiger partial charge in [-0.3, -0.25) is 10.1 Å². The molecule has 0 unspecified atom stereocenters. The number of nitrogens with zero attached hydrogens (tertiary/aromatic N) is 5. The Morgan fingerprint density at radius 3 is 2.69 bits per heavy atom. The number of guanidine groups is 1. The van der Waals surface area contributed by atoms with E-state index in [1.807, 2.05) is 37.4 Å². The molecule has 0 spiro atoms. The first-order valence-corrected chi connectivity index (χ1v) is 9.68. The van der Waals surface area contributed by atoms with Gasteiger partial charge in [0.1, 0.15) is 12.1 Å². The molecular formula is C21H25N7O. The fraction of sp³-hybridized carbons (Fsp3) is 0.286. The van der Waals surface area contributed by atoms with Crippen LogP contribution >= 0.6 is 0 Å². The number of piperazine rings is 1. The van der Waals surface area contributed by atoms with Crippen molar-refractivity contribution in [3.05, 3.63) is 60.4 Å². The van der Waals surface area contributed by atoms with Gasteiger partial charge in [0.15, 0.2) is 11.8 Å². The molecule has 150 valence electrons. The highest BCUT2D eigenvalue weighted by molar-refractivity contribution is 5.80. The van der Waals surface area contributed by atoms with Crippen LogP contribution < -0.4 is 10.2 Å². The summed E-state index contributed by atoms with van der Waals surface area (Å²) in [4.78, 5) is 13.1. The summed E-state index contributed by atoms with van der Waals surface area (Å²) in [5.74, 6) is 1.97. The van der Waals surface area contributed by atoms with Gasteiger partial charge >= 0.3 is 0 Å². The quantitative estimate of drug-likeness (QED) is 0.466. The van der Waals surface area contributed by atoms with Crippen LogP contribution in [-0.4, -0.2) is 64.4 Å². The first-order valence-electron chi connectivity index (χ1n) is 9.68. The summed E-state index contributed by atoms with van der Waals surface area (Å²) < 4.78 is 0. The van der Waals surface area contributed by atoms with Crippen molar-refractivity contribution in [1.29, 1.82) is 0 Å². The summed E-state index contributed by atoms with van der Waals surface area (Å²) in [7, 11) is 1.81. The number of hydrogen-bond acceptors (Lipinski definition) is 5. The maximum Gasteiger partial charge on any atom is 0.194 e. The molecule has 1 fully saturated rings. The Bertz CT molecular complexity index is 963. The zero-order valence-corrected chi connectivity index (χ0v) is 16.4. The molecule has 1 saturated heterocycles. The standard InChI is InChI=1S/C21H25N7O/c1-22-21(23-14-16-5-4-6-17(13-16)20-24-15-25-26-20)28-11-9-27(10-12-28)18-7-2-3-8-19(18)29/h2-8,13,15,29H,9-12,14H2,1H3,(H,22,23)(H,24,25,26). The molecule has 0 bridgehead atoms. The van der Waals surface area contributed by atoms with Crippen molar-refractivity contribution in [2.75, 3.05) is 38.1 Å². The Morgan fingerprint density at radius 1 is 1.14 bits per heavy atom. The monoisotopic (exact) mass is 391 g/mol. The average molecular weight is 391 g/mol. The SMILES string of the molecule is CN=C(NCc1cccc(-c2ncn[nH]2)c1)N1CCN(c2ccccc2O)CC1. The lowest BCUT2D eigenvalue weighted by Crippen LogP contribution is -2.52. The number of phenols is 1. The van der Waals surface area contributed by atoms with E-state index in [0.717, 1.165) is 54.8 Å². The number of nitrogens with one attached hydrogen (secondary N) is 2. The van der Waals surface area contributed by atoms with Crippen molar-refractivity contribution >= 4 is 11.6 Å². The van der Waals surface area contributed by atoms with Crippen molar-refractivity contribution in [3.63, 3.8) is 0 Å². The molecule has 4 rings (SSSR count). The lowest BCUT2D eigenvalue weighted by atomic mass is 10.1. The highest BCUT2D eigenvalue weighted by atomic mass is 16.3. The molecule has 0 atom stereocenters. The predicted molar refractivity (Wildman–Crippen MR) is 114 cm³/mol. The Kier molecular flexibility index (Phi) is 5.60. The van der Waals surface area contributed by atoms with E-state index in [-0.39, 0.29) is 0 Å². The van der Waals surface area contributed by atoms with Crippen LogP contribution in [0.15, 0.2) is 59.9 Å². The topological polar surface area (TPSA) is 92.7 Å². The molecule has 3 N–H and O–H groups in total. The van der Waals surface area contributed by atoms with Crippen molar-refractivity contribution in [2.45, 2.75) is 6.54 Å². The zero-order chi connectivity index (χ0) is 20.1. The number of phenolic OH excluding ortho intramolecular Hbond substituents is 1. The number of aromatic nitrogens is 3. The van der Waals surface area contributed by atoms with Gasteiger partial charge in [0.25, 0.3) is 0 Å². The number of aromatic hydroxyl groups is 1. The molecule has 0 saturated carbocycles. The van der Waals surface area contributed by atoms with E-state index < -0.39 is 0 Å². The number of aliphatic imine (C=N–C) groups is 1. The Labute approximate surface area is 169 Å². The zero-order valence-electron chi connectivity index (χ0n) is 16.4. The van der Waals surface area contributed by atoms with E-state index in [1.165, 1.54) is 6.33 Å². The lowest BCUT2D eigenvalue weighted by Gasteiger charge is -2.37. The Hall–Kier alpha value is -3.55. The van der Waals surface area contributed by atoms with Crippen LogP contribution in [0.2, 0.25) is 0 Å². The second-order valence-corrected chi connectivity index (χ2v) is 6.90. The first-order chi connectivity index (χ1) is 14.2. The van der Waals surface area contributed by atoms with Crippen molar-refractivity contribution < 1.29 is 5.11 Å². The van der Waals surface area contributed by atoms with E-state index in [0.29, 0.717) is 12.3 Å². The van der Waals surface area contributed by atoms with Crippen LogP contribution in [0.1, 0.15) is 5.56 Å². The molecular weight excluding hydrogens is 366 g/mol. The van der Waals surface area contributed by atoms with Gasteiger partial charge in [0, 0.05) is 45.3 Å². The van der Waals surface area contributed by atoms with E-state index in [9.17, 15) is 5.11 Å². The van der Waals surface area contributed by atoms with Gasteiger partial charge in [-0.2, -0.15) is 5.10 Å². The molecule has 3 aromatic rings. The molecule has 2 aromatic carbocycles. The summed E-state index contributed by atoms with van der Waals surface area (Å²) in [6.07, 6.45) is 1.51. The van der Waals surface area contributed by atoms with Crippen LogP contribution in [0.25, 0.3) is 11.4 Å². The average Bonchev–Trinajstić information content (AvgIpc) is 3.30. The third-order valence-corrected chi connectivity index (χ3v) is 5.08. The second kappa shape index (κ2) is 8.64. The molecule has 1 aliphatic rings. The molecule has 1 aliphatic heterocycles. The van der Waals surface area contributed by atoms with E-state index in [1.54, 1.807) is 6.07 Å². The van der Waals surface area contributed by atoms with E-state index in [2.05, 4.69) is 47.4 Å². The summed E-state index contributed by atoms with van der Waals surface area (Å²) >= 11 is 0. The minimum absolute atomic E-state index is 0.329. The predicted octanol–water partition coefficient (Wildman–Crippen LogP) is 2.07. The van der Waals surface area contributed by atoms with Gasteiger partial charge in [0.05, 0.1) is 5.69 Å². The minimum atomic E-state index is 0.329. The van der Waals surface area contributed by atoms with Crippen LogP contribution in [0, 0.1) is 0 Å². The molecule has 0 radical (unpaired) electrons. The van der Waals surface area contributed by atoms with Gasteiger partial charge in [-0.25, -0.2) is 4.98 Å². The number of anilines is 1. The first kappa shape index (κ1) is 18.8. The van der Waals surface area contributed by atoms with Gasteiger partial charge in [0.2, 0.25) is 0 Å². The largest absolute Gasteiger partial charge is 0.506 e. The minimum Gasteiger partial charge on any atom is -0.506 e. The number of hydrogen-bond donors (Lipinski definition) is 3. The third-order valence-electron chi connectivity index (χ3n) is 5.08. The Morgan fingerprint density at radius 2 is 1.97 bits per heavy atom. The van der Waals surface area contributed by atoms with E-state index in [4.69, 9.17) is 0 Å². The fourth-order valence-electron chi connectivity index (χ4n) is 3.58. The van der Waals surface area contributed by atoms with Gasteiger partial charge in [-0.1, -0.05) is 30.3 Å². The van der Waals surface area contributed by atoms with Crippen molar-refractivity contribution in [1.82, 2.24) is 25.4 Å². The molecule has 8 heteroatoms. The second-order valence-electron chi connectivity index (χ2n) is 6.90. The number of aromatic amines is 1.